The second kappa shape index (κ2) is 7.39. The Morgan fingerprint density at radius 2 is 2.14 bits per heavy atom. The summed E-state index contributed by atoms with van der Waals surface area (Å²) < 4.78 is 5.23. The molecule has 0 aliphatic rings. The largest absolute Gasteiger partial charge is 0.456 e. The van der Waals surface area contributed by atoms with Crippen LogP contribution in [0.25, 0.3) is 0 Å². The summed E-state index contributed by atoms with van der Waals surface area (Å²) in [6, 6.07) is 9.38. The monoisotopic (exact) mass is 305 g/mol. The number of anilines is 1. The Morgan fingerprint density at radius 1 is 1.38 bits per heavy atom. The molecule has 0 amide bonds. The number of thiazole rings is 1. The Balaban J connectivity index is 2.08. The molecule has 6 nitrogen and oxygen atoms in total. The van der Waals surface area contributed by atoms with Gasteiger partial charge in [-0.1, -0.05) is 35.5 Å². The van der Waals surface area contributed by atoms with Crippen molar-refractivity contribution in [1.29, 1.82) is 0 Å². The minimum Gasteiger partial charge on any atom is -0.456 e. The minimum atomic E-state index is -0.599. The predicted molar refractivity (Wildman–Crippen MR) is 80.9 cm³/mol. The van der Waals surface area contributed by atoms with E-state index in [0.717, 1.165) is 5.56 Å². The van der Waals surface area contributed by atoms with E-state index in [-0.39, 0.29) is 12.3 Å². The number of rotatable bonds is 6. The van der Waals surface area contributed by atoms with Crippen LogP contribution >= 0.6 is 11.3 Å². The number of benzene rings is 1. The molecule has 0 atom stereocenters. The van der Waals surface area contributed by atoms with Gasteiger partial charge in [0.2, 0.25) is 5.71 Å². The molecular weight excluding hydrogens is 290 g/mol. The fourth-order valence-electron chi connectivity index (χ4n) is 1.51. The number of nitrogen functional groups attached to an aromatic ring is 1. The van der Waals surface area contributed by atoms with E-state index in [9.17, 15) is 4.79 Å². The smallest absolute Gasteiger partial charge is 0.363 e. The zero-order valence-electron chi connectivity index (χ0n) is 11.5. The number of carbonyl (C=O) groups excluding carboxylic acids is 1. The van der Waals surface area contributed by atoms with Crippen LogP contribution in [-0.4, -0.2) is 23.3 Å². The Morgan fingerprint density at radius 3 is 2.76 bits per heavy atom. The highest BCUT2D eigenvalue weighted by atomic mass is 32.1. The second-order valence-corrected chi connectivity index (χ2v) is 4.88. The van der Waals surface area contributed by atoms with E-state index in [1.54, 1.807) is 12.3 Å². The van der Waals surface area contributed by atoms with Crippen molar-refractivity contribution in [3.63, 3.8) is 0 Å². The van der Waals surface area contributed by atoms with Crippen LogP contribution in [0.2, 0.25) is 0 Å². The molecular formula is C14H15N3O3S. The zero-order valence-corrected chi connectivity index (χ0v) is 12.3. The molecule has 0 aliphatic carbocycles. The lowest BCUT2D eigenvalue weighted by Gasteiger charge is -2.05. The first-order chi connectivity index (χ1) is 10.2. The number of carbonyl (C=O) groups is 1. The molecule has 0 saturated heterocycles. The van der Waals surface area contributed by atoms with Gasteiger partial charge in [-0.3, -0.25) is 0 Å². The van der Waals surface area contributed by atoms with Crippen molar-refractivity contribution >= 4 is 28.1 Å². The molecule has 1 heterocycles. The summed E-state index contributed by atoms with van der Waals surface area (Å²) in [5.74, 6) is -0.599. The molecule has 0 spiro atoms. The van der Waals surface area contributed by atoms with E-state index in [0.29, 0.717) is 17.4 Å². The number of esters is 1. The molecule has 2 aromatic rings. The summed E-state index contributed by atoms with van der Waals surface area (Å²) in [6.45, 7) is 2.27. The maximum Gasteiger partial charge on any atom is 0.363 e. The summed E-state index contributed by atoms with van der Waals surface area (Å²) >= 11 is 1.22. The van der Waals surface area contributed by atoms with Crippen LogP contribution in [0.3, 0.4) is 0 Å². The highest BCUT2D eigenvalue weighted by Gasteiger charge is 2.20. The SMILES string of the molecule is CCON=C(C(=O)OCc1ccccc1)c1csc(N)n1. The molecule has 110 valence electrons. The number of hydrogen-bond donors (Lipinski definition) is 1. The van der Waals surface area contributed by atoms with E-state index < -0.39 is 5.97 Å². The lowest BCUT2D eigenvalue weighted by Crippen LogP contribution is -2.20. The predicted octanol–water partition coefficient (Wildman–Crippen LogP) is 2.21. The van der Waals surface area contributed by atoms with Crippen molar-refractivity contribution < 1.29 is 14.4 Å². The molecule has 0 bridgehead atoms. The van der Waals surface area contributed by atoms with Crippen LogP contribution in [0.15, 0.2) is 40.9 Å². The van der Waals surface area contributed by atoms with E-state index in [4.69, 9.17) is 15.3 Å². The van der Waals surface area contributed by atoms with E-state index >= 15 is 0 Å². The number of oxime groups is 1. The number of hydrogen-bond acceptors (Lipinski definition) is 7. The molecule has 21 heavy (non-hydrogen) atoms. The van der Waals surface area contributed by atoms with Crippen LogP contribution in [0.1, 0.15) is 18.2 Å². The van der Waals surface area contributed by atoms with Gasteiger partial charge in [0.15, 0.2) is 5.13 Å². The van der Waals surface area contributed by atoms with Gasteiger partial charge in [0.05, 0.1) is 0 Å². The van der Waals surface area contributed by atoms with E-state index in [1.807, 2.05) is 30.3 Å². The molecule has 0 unspecified atom stereocenters. The molecule has 2 N–H and O–H groups in total. The number of nitrogens with two attached hydrogens (primary N) is 1. The molecule has 7 heteroatoms. The third-order valence-corrected chi connectivity index (χ3v) is 3.13. The first-order valence-corrected chi connectivity index (χ1v) is 7.21. The average Bonchev–Trinajstić information content (AvgIpc) is 2.93. The number of ether oxygens (including phenoxy) is 1. The lowest BCUT2D eigenvalue weighted by atomic mass is 10.2. The van der Waals surface area contributed by atoms with Gasteiger partial charge in [-0.2, -0.15) is 0 Å². The van der Waals surface area contributed by atoms with Gasteiger partial charge in [0.25, 0.3) is 0 Å². The van der Waals surface area contributed by atoms with Crippen molar-refractivity contribution in [2.45, 2.75) is 13.5 Å². The van der Waals surface area contributed by atoms with E-state index in [2.05, 4.69) is 10.1 Å². The number of aromatic nitrogens is 1. The molecule has 0 aliphatic heterocycles. The number of nitrogens with zero attached hydrogens (tertiary/aromatic N) is 2. The summed E-state index contributed by atoms with van der Waals surface area (Å²) in [5, 5.41) is 5.76. The summed E-state index contributed by atoms with van der Waals surface area (Å²) in [7, 11) is 0. The summed E-state index contributed by atoms with van der Waals surface area (Å²) in [4.78, 5) is 21.1. The molecule has 0 radical (unpaired) electrons. The topological polar surface area (TPSA) is 86.8 Å². The van der Waals surface area contributed by atoms with Gasteiger partial charge in [-0.15, -0.1) is 11.3 Å². The van der Waals surface area contributed by atoms with Crippen LogP contribution in [-0.2, 0) is 21.0 Å². The van der Waals surface area contributed by atoms with Crippen molar-refractivity contribution in [3.05, 3.63) is 47.0 Å². The molecule has 0 fully saturated rings. The molecule has 0 saturated carbocycles. The fraction of sp³-hybridized carbons (Fsp3) is 0.214. The highest BCUT2D eigenvalue weighted by Crippen LogP contribution is 2.13. The van der Waals surface area contributed by atoms with Gasteiger partial charge < -0.3 is 15.3 Å². The van der Waals surface area contributed by atoms with Crippen LogP contribution < -0.4 is 5.73 Å². The Kier molecular flexibility index (Phi) is 5.28. The fourth-order valence-corrected chi connectivity index (χ4v) is 2.05. The Hall–Kier alpha value is -2.41. The van der Waals surface area contributed by atoms with Crippen molar-refractivity contribution in [2.24, 2.45) is 5.16 Å². The molecule has 2 rings (SSSR count). The Bertz CT molecular complexity index is 625. The Labute approximate surface area is 126 Å². The van der Waals surface area contributed by atoms with Crippen molar-refractivity contribution in [3.8, 4) is 0 Å². The zero-order chi connectivity index (χ0) is 15.1. The molecule has 1 aromatic carbocycles. The van der Waals surface area contributed by atoms with Crippen LogP contribution in [0.5, 0.6) is 0 Å². The maximum atomic E-state index is 12.1. The van der Waals surface area contributed by atoms with Gasteiger partial charge in [-0.05, 0) is 12.5 Å². The highest BCUT2D eigenvalue weighted by molar-refractivity contribution is 7.13. The normalized spacial score (nSPS) is 11.2. The third kappa shape index (κ3) is 4.28. The van der Waals surface area contributed by atoms with E-state index in [1.165, 1.54) is 11.3 Å². The quantitative estimate of drug-likeness (QED) is 0.502. The average molecular weight is 305 g/mol. The maximum absolute atomic E-state index is 12.1. The minimum absolute atomic E-state index is 0.0146. The first kappa shape index (κ1) is 15.0. The summed E-state index contributed by atoms with van der Waals surface area (Å²) in [6.07, 6.45) is 0. The van der Waals surface area contributed by atoms with Gasteiger partial charge in [0, 0.05) is 5.38 Å². The van der Waals surface area contributed by atoms with Crippen LogP contribution in [0.4, 0.5) is 5.13 Å². The lowest BCUT2D eigenvalue weighted by molar-refractivity contribution is -0.136. The third-order valence-electron chi connectivity index (χ3n) is 2.46. The van der Waals surface area contributed by atoms with Gasteiger partial charge in [-0.25, -0.2) is 9.78 Å². The second-order valence-electron chi connectivity index (χ2n) is 3.99. The molecule has 1 aromatic heterocycles. The van der Waals surface area contributed by atoms with Gasteiger partial charge >= 0.3 is 5.97 Å². The van der Waals surface area contributed by atoms with Crippen LogP contribution in [0, 0.1) is 0 Å². The standard InChI is InChI=1S/C14H15N3O3S/c1-2-20-17-12(11-9-21-14(15)16-11)13(18)19-8-10-6-4-3-5-7-10/h3-7,9H,2,8H2,1H3,(H2,15,16). The van der Waals surface area contributed by atoms with Crippen molar-refractivity contribution in [2.75, 3.05) is 12.3 Å². The summed E-state index contributed by atoms with van der Waals surface area (Å²) in [5.41, 5.74) is 6.82. The van der Waals surface area contributed by atoms with Crippen molar-refractivity contribution in [1.82, 2.24) is 4.98 Å². The first-order valence-electron chi connectivity index (χ1n) is 6.33. The van der Waals surface area contributed by atoms with Gasteiger partial charge in [0.1, 0.15) is 18.9 Å².